The highest BCUT2D eigenvalue weighted by Crippen LogP contribution is 2.30. The first-order chi connectivity index (χ1) is 13.1. The summed E-state index contributed by atoms with van der Waals surface area (Å²) in [5, 5.41) is 8.94. The number of carbonyl (C=O) groups excluding carboxylic acids is 1. The van der Waals surface area contributed by atoms with Crippen LogP contribution in [0.4, 0.5) is 0 Å². The molecular weight excluding hydrogens is 346 g/mol. The van der Waals surface area contributed by atoms with Gasteiger partial charge < -0.3 is 19.5 Å². The number of ether oxygens (including phenoxy) is 2. The van der Waals surface area contributed by atoms with Crippen LogP contribution in [0.5, 0.6) is 5.75 Å². The van der Waals surface area contributed by atoms with Crippen molar-refractivity contribution in [1.29, 1.82) is 0 Å². The second kappa shape index (κ2) is 8.68. The first-order valence-electron chi connectivity index (χ1n) is 9.03. The SMILES string of the molecule is CCOc1ccccc1-c1cccc(C(=O)N2CCOC(CC(=O)O)C2)c1. The van der Waals surface area contributed by atoms with E-state index in [1.165, 1.54) is 0 Å². The molecule has 0 bridgehead atoms. The van der Waals surface area contributed by atoms with Gasteiger partial charge in [0.1, 0.15) is 5.75 Å². The van der Waals surface area contributed by atoms with Crippen molar-refractivity contribution in [1.82, 2.24) is 4.90 Å². The number of carboxylic acid groups (broad SMARTS) is 1. The number of aliphatic carboxylic acids is 1. The van der Waals surface area contributed by atoms with Crippen molar-refractivity contribution in [3.05, 3.63) is 54.1 Å². The molecule has 1 aliphatic heterocycles. The largest absolute Gasteiger partial charge is 0.493 e. The molecule has 1 aliphatic rings. The molecule has 0 saturated carbocycles. The standard InChI is InChI=1S/C21H23NO5/c1-2-26-19-9-4-3-8-18(19)15-6-5-7-16(12-15)21(25)22-10-11-27-17(14-22)13-20(23)24/h3-9,12,17H,2,10-11,13-14H2,1H3,(H,23,24). The molecule has 142 valence electrons. The monoisotopic (exact) mass is 369 g/mol. The molecule has 1 saturated heterocycles. The molecule has 1 atom stereocenters. The Morgan fingerprint density at radius 3 is 2.81 bits per heavy atom. The zero-order valence-corrected chi connectivity index (χ0v) is 15.3. The van der Waals surface area contributed by atoms with Gasteiger partial charge in [0, 0.05) is 24.2 Å². The average Bonchev–Trinajstić information content (AvgIpc) is 2.68. The van der Waals surface area contributed by atoms with E-state index >= 15 is 0 Å². The highest BCUT2D eigenvalue weighted by atomic mass is 16.5. The molecule has 1 heterocycles. The van der Waals surface area contributed by atoms with Crippen LogP contribution in [-0.4, -0.2) is 54.3 Å². The van der Waals surface area contributed by atoms with Crippen LogP contribution in [0.25, 0.3) is 11.1 Å². The minimum atomic E-state index is -0.927. The quantitative estimate of drug-likeness (QED) is 0.847. The summed E-state index contributed by atoms with van der Waals surface area (Å²) < 4.78 is 11.1. The van der Waals surface area contributed by atoms with Crippen LogP contribution >= 0.6 is 0 Å². The van der Waals surface area contributed by atoms with Gasteiger partial charge in [0.05, 0.1) is 25.7 Å². The van der Waals surface area contributed by atoms with E-state index in [1.54, 1.807) is 11.0 Å². The molecule has 27 heavy (non-hydrogen) atoms. The lowest BCUT2D eigenvalue weighted by atomic mass is 10.0. The van der Waals surface area contributed by atoms with Crippen LogP contribution in [0.1, 0.15) is 23.7 Å². The molecule has 2 aromatic rings. The fraction of sp³-hybridized carbons (Fsp3) is 0.333. The summed E-state index contributed by atoms with van der Waals surface area (Å²) in [4.78, 5) is 25.5. The van der Waals surface area contributed by atoms with Crippen LogP contribution in [-0.2, 0) is 9.53 Å². The lowest BCUT2D eigenvalue weighted by molar-refractivity contribution is -0.141. The van der Waals surface area contributed by atoms with Crippen molar-refractivity contribution in [3.63, 3.8) is 0 Å². The predicted molar refractivity (Wildman–Crippen MR) is 101 cm³/mol. The molecule has 3 rings (SSSR count). The highest BCUT2D eigenvalue weighted by molar-refractivity contribution is 5.95. The van der Waals surface area contributed by atoms with Crippen molar-refractivity contribution >= 4 is 11.9 Å². The number of amides is 1. The Morgan fingerprint density at radius 1 is 1.22 bits per heavy atom. The summed E-state index contributed by atoms with van der Waals surface area (Å²) >= 11 is 0. The van der Waals surface area contributed by atoms with Gasteiger partial charge in [-0.25, -0.2) is 0 Å². The van der Waals surface area contributed by atoms with Crippen LogP contribution in [0, 0.1) is 0 Å². The maximum Gasteiger partial charge on any atom is 0.306 e. The number of rotatable bonds is 6. The van der Waals surface area contributed by atoms with Gasteiger partial charge in [0.2, 0.25) is 0 Å². The van der Waals surface area contributed by atoms with Crippen molar-refractivity contribution in [3.8, 4) is 16.9 Å². The Balaban J connectivity index is 1.81. The van der Waals surface area contributed by atoms with Crippen LogP contribution in [0.3, 0.4) is 0 Å². The fourth-order valence-corrected chi connectivity index (χ4v) is 3.21. The van der Waals surface area contributed by atoms with E-state index in [1.807, 2.05) is 49.4 Å². The predicted octanol–water partition coefficient (Wildman–Crippen LogP) is 3.07. The lowest BCUT2D eigenvalue weighted by Crippen LogP contribution is -2.46. The summed E-state index contributed by atoms with van der Waals surface area (Å²) in [6.45, 7) is 3.58. The van der Waals surface area contributed by atoms with Crippen molar-refractivity contribution in [2.45, 2.75) is 19.4 Å². The van der Waals surface area contributed by atoms with E-state index < -0.39 is 12.1 Å². The summed E-state index contributed by atoms with van der Waals surface area (Å²) in [7, 11) is 0. The number of hydrogen-bond acceptors (Lipinski definition) is 4. The summed E-state index contributed by atoms with van der Waals surface area (Å²) in [6.07, 6.45) is -0.576. The molecule has 0 aromatic heterocycles. The van der Waals surface area contributed by atoms with Gasteiger partial charge in [-0.15, -0.1) is 0 Å². The minimum Gasteiger partial charge on any atom is -0.493 e. The van der Waals surface area contributed by atoms with Crippen molar-refractivity contribution in [2.75, 3.05) is 26.3 Å². The molecule has 0 radical (unpaired) electrons. The number of nitrogens with zero attached hydrogens (tertiary/aromatic N) is 1. The number of benzene rings is 2. The molecule has 1 fully saturated rings. The zero-order valence-electron chi connectivity index (χ0n) is 15.3. The molecule has 1 N–H and O–H groups in total. The lowest BCUT2D eigenvalue weighted by Gasteiger charge is -2.32. The van der Waals surface area contributed by atoms with Gasteiger partial charge >= 0.3 is 5.97 Å². The van der Waals surface area contributed by atoms with E-state index in [0.717, 1.165) is 16.9 Å². The van der Waals surface area contributed by atoms with Crippen molar-refractivity contribution < 1.29 is 24.2 Å². The van der Waals surface area contributed by atoms with E-state index in [0.29, 0.717) is 25.3 Å². The second-order valence-corrected chi connectivity index (χ2v) is 6.35. The summed E-state index contributed by atoms with van der Waals surface area (Å²) in [5.41, 5.74) is 2.40. The van der Waals surface area contributed by atoms with Gasteiger partial charge in [0.25, 0.3) is 5.91 Å². The maximum absolute atomic E-state index is 12.9. The van der Waals surface area contributed by atoms with Gasteiger partial charge in [-0.2, -0.15) is 0 Å². The molecule has 6 nitrogen and oxygen atoms in total. The molecule has 0 spiro atoms. The van der Waals surface area contributed by atoms with Crippen molar-refractivity contribution in [2.24, 2.45) is 0 Å². The first-order valence-corrected chi connectivity index (χ1v) is 9.03. The third kappa shape index (κ3) is 4.65. The number of para-hydroxylation sites is 1. The van der Waals surface area contributed by atoms with E-state index in [9.17, 15) is 9.59 Å². The van der Waals surface area contributed by atoms with Crippen LogP contribution < -0.4 is 4.74 Å². The number of morpholine rings is 1. The minimum absolute atomic E-state index is 0.106. The summed E-state index contributed by atoms with van der Waals surface area (Å²) in [5.74, 6) is -0.272. The van der Waals surface area contributed by atoms with Gasteiger partial charge in [-0.1, -0.05) is 30.3 Å². The Hall–Kier alpha value is -2.86. The van der Waals surface area contributed by atoms with E-state index in [4.69, 9.17) is 14.6 Å². The van der Waals surface area contributed by atoms with Crippen LogP contribution in [0.15, 0.2) is 48.5 Å². The van der Waals surface area contributed by atoms with Gasteiger partial charge in [-0.3, -0.25) is 9.59 Å². The smallest absolute Gasteiger partial charge is 0.306 e. The maximum atomic E-state index is 12.9. The zero-order chi connectivity index (χ0) is 19.2. The molecule has 1 amide bonds. The van der Waals surface area contributed by atoms with E-state index in [2.05, 4.69) is 0 Å². The van der Waals surface area contributed by atoms with E-state index in [-0.39, 0.29) is 18.9 Å². The topological polar surface area (TPSA) is 76.1 Å². The molecule has 2 aromatic carbocycles. The molecule has 1 unspecified atom stereocenters. The second-order valence-electron chi connectivity index (χ2n) is 6.35. The Kier molecular flexibility index (Phi) is 6.08. The Morgan fingerprint density at radius 2 is 2.04 bits per heavy atom. The highest BCUT2D eigenvalue weighted by Gasteiger charge is 2.26. The van der Waals surface area contributed by atoms with Gasteiger partial charge in [0.15, 0.2) is 0 Å². The molecule has 6 heteroatoms. The summed E-state index contributed by atoms with van der Waals surface area (Å²) in [6, 6.07) is 15.1. The molecular formula is C21H23NO5. The molecule has 0 aliphatic carbocycles. The Labute approximate surface area is 158 Å². The number of carboxylic acids is 1. The fourth-order valence-electron chi connectivity index (χ4n) is 3.21. The normalized spacial score (nSPS) is 16.8. The van der Waals surface area contributed by atoms with Gasteiger partial charge in [-0.05, 0) is 30.7 Å². The third-order valence-electron chi connectivity index (χ3n) is 4.44. The Bertz CT molecular complexity index is 820. The van der Waals surface area contributed by atoms with Crippen LogP contribution in [0.2, 0.25) is 0 Å². The average molecular weight is 369 g/mol. The third-order valence-corrected chi connectivity index (χ3v) is 4.44. The first kappa shape index (κ1) is 18.9. The number of hydrogen-bond donors (Lipinski definition) is 1. The number of carbonyl (C=O) groups is 2.